The SMILES string of the molecule is C=C(Br)CNC(=O)CN1CCCCCC1=O. The van der Waals surface area contributed by atoms with Crippen LogP contribution in [0.15, 0.2) is 11.1 Å². The van der Waals surface area contributed by atoms with Crippen LogP contribution < -0.4 is 5.32 Å². The number of nitrogens with zero attached hydrogens (tertiary/aromatic N) is 1. The van der Waals surface area contributed by atoms with Crippen molar-refractivity contribution in [2.75, 3.05) is 19.6 Å². The predicted octanol–water partition coefficient (Wildman–Crippen LogP) is 1.41. The molecule has 1 N–H and O–H groups in total. The lowest BCUT2D eigenvalue weighted by Crippen LogP contribution is -2.40. The molecule has 5 heteroatoms. The Bertz CT molecular complexity index is 292. The number of likely N-dealkylation sites (tertiary alicyclic amines) is 1. The molecule has 2 amide bonds. The van der Waals surface area contributed by atoms with E-state index in [1.165, 1.54) is 0 Å². The number of hydrogen-bond donors (Lipinski definition) is 1. The Morgan fingerprint density at radius 3 is 2.88 bits per heavy atom. The van der Waals surface area contributed by atoms with E-state index in [0.717, 1.165) is 23.7 Å². The molecular formula is C11H17BrN2O2. The Kier molecular flexibility index (Phi) is 5.52. The molecule has 4 nitrogen and oxygen atoms in total. The Morgan fingerprint density at radius 1 is 1.44 bits per heavy atom. The molecule has 0 bridgehead atoms. The van der Waals surface area contributed by atoms with Gasteiger partial charge in [0.25, 0.3) is 0 Å². The molecule has 0 aromatic heterocycles. The molecule has 90 valence electrons. The maximum Gasteiger partial charge on any atom is 0.239 e. The summed E-state index contributed by atoms with van der Waals surface area (Å²) in [4.78, 5) is 24.8. The van der Waals surface area contributed by atoms with Gasteiger partial charge in [-0.3, -0.25) is 9.59 Å². The second kappa shape index (κ2) is 6.68. The van der Waals surface area contributed by atoms with Gasteiger partial charge < -0.3 is 10.2 Å². The Morgan fingerprint density at radius 2 is 2.19 bits per heavy atom. The van der Waals surface area contributed by atoms with Crippen molar-refractivity contribution in [3.8, 4) is 0 Å². The average molecular weight is 289 g/mol. The molecule has 1 rings (SSSR count). The van der Waals surface area contributed by atoms with Crippen LogP contribution in [0.2, 0.25) is 0 Å². The molecule has 1 aliphatic rings. The van der Waals surface area contributed by atoms with Gasteiger partial charge in [-0.05, 0) is 12.8 Å². The molecule has 1 fully saturated rings. The van der Waals surface area contributed by atoms with Crippen LogP contribution in [0.25, 0.3) is 0 Å². The van der Waals surface area contributed by atoms with Gasteiger partial charge in [-0.15, -0.1) is 0 Å². The normalized spacial score (nSPS) is 16.8. The molecule has 0 spiro atoms. The summed E-state index contributed by atoms with van der Waals surface area (Å²) in [6.45, 7) is 4.89. The average Bonchev–Trinajstić information content (AvgIpc) is 2.42. The van der Waals surface area contributed by atoms with Gasteiger partial charge in [0, 0.05) is 24.0 Å². The molecule has 0 aromatic rings. The molecule has 1 heterocycles. The van der Waals surface area contributed by atoms with Gasteiger partial charge in [0.1, 0.15) is 0 Å². The van der Waals surface area contributed by atoms with Crippen LogP contribution in [0.1, 0.15) is 25.7 Å². The van der Waals surface area contributed by atoms with Crippen molar-refractivity contribution in [3.63, 3.8) is 0 Å². The third kappa shape index (κ3) is 4.79. The zero-order valence-electron chi connectivity index (χ0n) is 9.30. The topological polar surface area (TPSA) is 49.4 Å². The minimum atomic E-state index is -0.129. The van der Waals surface area contributed by atoms with Crippen molar-refractivity contribution in [2.24, 2.45) is 0 Å². The van der Waals surface area contributed by atoms with Crippen molar-refractivity contribution in [1.29, 1.82) is 0 Å². The molecule has 0 aromatic carbocycles. The monoisotopic (exact) mass is 288 g/mol. The minimum Gasteiger partial charge on any atom is -0.350 e. The molecule has 1 saturated heterocycles. The number of rotatable bonds is 4. The molecule has 0 atom stereocenters. The highest BCUT2D eigenvalue weighted by molar-refractivity contribution is 9.11. The van der Waals surface area contributed by atoms with Crippen LogP contribution >= 0.6 is 15.9 Å². The number of carbonyl (C=O) groups is 2. The highest BCUT2D eigenvalue weighted by Gasteiger charge is 2.18. The molecule has 16 heavy (non-hydrogen) atoms. The van der Waals surface area contributed by atoms with Crippen LogP contribution in [-0.4, -0.2) is 36.3 Å². The first-order valence-corrected chi connectivity index (χ1v) is 6.26. The summed E-state index contributed by atoms with van der Waals surface area (Å²) in [6, 6.07) is 0. The molecule has 0 saturated carbocycles. The Balaban J connectivity index is 2.36. The van der Waals surface area contributed by atoms with Crippen LogP contribution in [0.5, 0.6) is 0 Å². The van der Waals surface area contributed by atoms with Gasteiger partial charge in [-0.2, -0.15) is 0 Å². The fraction of sp³-hybridized carbons (Fsp3) is 0.636. The van der Waals surface area contributed by atoms with Gasteiger partial charge in [0.05, 0.1) is 6.54 Å². The summed E-state index contributed by atoms with van der Waals surface area (Å²) in [5.41, 5.74) is 0. The van der Waals surface area contributed by atoms with Crippen molar-refractivity contribution in [2.45, 2.75) is 25.7 Å². The molecule has 1 aliphatic heterocycles. The first-order valence-electron chi connectivity index (χ1n) is 5.47. The van der Waals surface area contributed by atoms with E-state index >= 15 is 0 Å². The second-order valence-electron chi connectivity index (χ2n) is 3.92. The lowest BCUT2D eigenvalue weighted by Gasteiger charge is -2.19. The molecule has 0 unspecified atom stereocenters. The maximum absolute atomic E-state index is 11.6. The largest absolute Gasteiger partial charge is 0.350 e. The van der Waals surface area contributed by atoms with Crippen molar-refractivity contribution < 1.29 is 9.59 Å². The summed E-state index contributed by atoms with van der Waals surface area (Å²) in [5.74, 6) is -0.0406. The zero-order chi connectivity index (χ0) is 12.0. The Hall–Kier alpha value is -0.840. The number of hydrogen-bond acceptors (Lipinski definition) is 2. The van der Waals surface area contributed by atoms with E-state index in [0.29, 0.717) is 19.5 Å². The van der Waals surface area contributed by atoms with E-state index in [1.54, 1.807) is 4.90 Å². The third-order valence-electron chi connectivity index (χ3n) is 2.48. The van der Waals surface area contributed by atoms with Crippen molar-refractivity contribution in [1.82, 2.24) is 10.2 Å². The number of carbonyl (C=O) groups excluding carboxylic acids is 2. The van der Waals surface area contributed by atoms with Crippen LogP contribution in [0.4, 0.5) is 0 Å². The second-order valence-corrected chi connectivity index (χ2v) is 5.04. The predicted molar refractivity (Wildman–Crippen MR) is 66.1 cm³/mol. The van der Waals surface area contributed by atoms with Gasteiger partial charge in [-0.25, -0.2) is 0 Å². The summed E-state index contributed by atoms with van der Waals surface area (Å²) >= 11 is 3.16. The van der Waals surface area contributed by atoms with Crippen LogP contribution in [0, 0.1) is 0 Å². The lowest BCUT2D eigenvalue weighted by atomic mass is 10.2. The van der Waals surface area contributed by atoms with Gasteiger partial charge in [0.15, 0.2) is 0 Å². The fourth-order valence-electron chi connectivity index (χ4n) is 1.63. The first-order chi connectivity index (χ1) is 7.59. The number of halogens is 1. The molecule has 0 radical (unpaired) electrons. The zero-order valence-corrected chi connectivity index (χ0v) is 10.9. The summed E-state index contributed by atoms with van der Waals surface area (Å²) in [7, 11) is 0. The van der Waals surface area contributed by atoms with E-state index in [-0.39, 0.29) is 18.4 Å². The van der Waals surface area contributed by atoms with E-state index in [2.05, 4.69) is 27.8 Å². The summed E-state index contributed by atoms with van der Waals surface area (Å²) < 4.78 is 0.725. The van der Waals surface area contributed by atoms with E-state index < -0.39 is 0 Å². The van der Waals surface area contributed by atoms with Crippen molar-refractivity contribution in [3.05, 3.63) is 11.1 Å². The first kappa shape index (κ1) is 13.2. The van der Waals surface area contributed by atoms with Gasteiger partial charge >= 0.3 is 0 Å². The summed E-state index contributed by atoms with van der Waals surface area (Å²) in [6.07, 6.45) is 3.57. The highest BCUT2D eigenvalue weighted by Crippen LogP contribution is 2.10. The van der Waals surface area contributed by atoms with Crippen LogP contribution in [-0.2, 0) is 9.59 Å². The van der Waals surface area contributed by atoms with E-state index in [9.17, 15) is 9.59 Å². The molecular weight excluding hydrogens is 272 g/mol. The quantitative estimate of drug-likeness (QED) is 0.851. The standard InChI is InChI=1S/C11H17BrN2O2/c1-9(12)7-13-10(15)8-14-6-4-2-3-5-11(14)16/h1-8H2,(H,13,15). The maximum atomic E-state index is 11.6. The van der Waals surface area contributed by atoms with Crippen molar-refractivity contribution >= 4 is 27.7 Å². The van der Waals surface area contributed by atoms with Crippen LogP contribution in [0.3, 0.4) is 0 Å². The third-order valence-corrected chi connectivity index (χ3v) is 2.76. The summed E-state index contributed by atoms with van der Waals surface area (Å²) in [5, 5.41) is 2.69. The van der Waals surface area contributed by atoms with E-state index in [1.807, 2.05) is 0 Å². The van der Waals surface area contributed by atoms with E-state index in [4.69, 9.17) is 0 Å². The smallest absolute Gasteiger partial charge is 0.239 e. The highest BCUT2D eigenvalue weighted by atomic mass is 79.9. The van der Waals surface area contributed by atoms with Gasteiger partial charge in [0.2, 0.25) is 11.8 Å². The fourth-order valence-corrected chi connectivity index (χ4v) is 1.77. The molecule has 0 aliphatic carbocycles. The van der Waals surface area contributed by atoms with Gasteiger partial charge in [-0.1, -0.05) is 28.9 Å². The number of amides is 2. The Labute approximate surface area is 104 Å². The lowest BCUT2D eigenvalue weighted by molar-refractivity contribution is -0.135. The minimum absolute atomic E-state index is 0.0883. The number of nitrogens with one attached hydrogen (secondary N) is 1.